The molecule has 0 aliphatic heterocycles. The van der Waals surface area contributed by atoms with E-state index in [0.29, 0.717) is 22.8 Å². The molecule has 8 heteroatoms. The number of halogens is 1. The van der Waals surface area contributed by atoms with E-state index in [9.17, 15) is 9.59 Å². The third-order valence-corrected chi connectivity index (χ3v) is 5.29. The second-order valence-corrected chi connectivity index (χ2v) is 7.99. The van der Waals surface area contributed by atoms with Crippen LogP contribution in [0.3, 0.4) is 0 Å². The van der Waals surface area contributed by atoms with Gasteiger partial charge in [0.2, 0.25) is 0 Å². The number of likely N-dealkylation sites (N-methyl/N-ethyl adjacent to an activating group) is 1. The average molecular weight is 416 g/mol. The Morgan fingerprint density at radius 2 is 2.03 bits per heavy atom. The summed E-state index contributed by atoms with van der Waals surface area (Å²) < 4.78 is 3.33. The Morgan fingerprint density at radius 1 is 1.31 bits per heavy atom. The van der Waals surface area contributed by atoms with Gasteiger partial charge in [0.15, 0.2) is 0 Å². The predicted octanol–water partition coefficient (Wildman–Crippen LogP) is 2.75. The van der Waals surface area contributed by atoms with Crippen molar-refractivity contribution in [2.45, 2.75) is 26.4 Å². The molecule has 0 saturated carbocycles. The zero-order chi connectivity index (χ0) is 21.3. The van der Waals surface area contributed by atoms with Crippen LogP contribution in [0.15, 0.2) is 35.3 Å². The first kappa shape index (κ1) is 21.1. The SMILES string of the molecule is Cc1ccn(C(C)CN(C)C)c(=O)c1C(=O)NCc1nn(C)c2cccc(Cl)c12. The summed E-state index contributed by atoms with van der Waals surface area (Å²) in [5.41, 5.74) is 2.06. The molecule has 3 aromatic rings. The van der Waals surface area contributed by atoms with Crippen LogP contribution in [0.2, 0.25) is 5.02 Å². The highest BCUT2D eigenvalue weighted by molar-refractivity contribution is 6.35. The fourth-order valence-corrected chi connectivity index (χ4v) is 3.89. The van der Waals surface area contributed by atoms with Crippen molar-refractivity contribution in [1.82, 2.24) is 24.6 Å². The van der Waals surface area contributed by atoms with Crippen LogP contribution in [0, 0.1) is 6.92 Å². The number of carbonyl (C=O) groups excluding carboxylic acids is 1. The molecular formula is C21H26ClN5O2. The van der Waals surface area contributed by atoms with Crippen molar-refractivity contribution in [3.05, 3.63) is 62.7 Å². The molecule has 0 saturated heterocycles. The number of fused-ring (bicyclic) bond motifs is 1. The largest absolute Gasteiger partial charge is 0.346 e. The van der Waals surface area contributed by atoms with Gasteiger partial charge in [-0.25, -0.2) is 0 Å². The molecule has 1 unspecified atom stereocenters. The number of aromatic nitrogens is 3. The number of aryl methyl sites for hydroxylation is 2. The highest BCUT2D eigenvalue weighted by Crippen LogP contribution is 2.26. The standard InChI is InChI=1S/C21H26ClN5O2/c1-13-9-10-27(14(2)12-25(3)4)21(29)18(13)20(28)23-11-16-19-15(22)7-6-8-17(19)26(5)24-16/h6-10,14H,11-12H2,1-5H3,(H,23,28). The van der Waals surface area contributed by atoms with E-state index >= 15 is 0 Å². The molecule has 0 radical (unpaired) electrons. The Balaban J connectivity index is 1.88. The Hall–Kier alpha value is -2.64. The molecule has 1 atom stereocenters. The molecule has 0 aliphatic carbocycles. The van der Waals surface area contributed by atoms with E-state index in [1.807, 2.05) is 45.1 Å². The molecule has 154 valence electrons. The molecule has 0 spiro atoms. The topological polar surface area (TPSA) is 72.2 Å². The van der Waals surface area contributed by atoms with Crippen LogP contribution in [-0.4, -0.2) is 45.8 Å². The van der Waals surface area contributed by atoms with Crippen molar-refractivity contribution < 1.29 is 4.79 Å². The predicted molar refractivity (Wildman–Crippen MR) is 116 cm³/mol. The molecule has 0 bridgehead atoms. The summed E-state index contributed by atoms with van der Waals surface area (Å²) in [6.45, 7) is 4.61. The van der Waals surface area contributed by atoms with E-state index in [2.05, 4.69) is 10.4 Å². The molecule has 2 aromatic heterocycles. The Kier molecular flexibility index (Phi) is 6.10. The van der Waals surface area contributed by atoms with Gasteiger partial charge >= 0.3 is 0 Å². The van der Waals surface area contributed by atoms with Crippen LogP contribution >= 0.6 is 11.6 Å². The van der Waals surface area contributed by atoms with Gasteiger partial charge < -0.3 is 14.8 Å². The number of nitrogens with one attached hydrogen (secondary N) is 1. The van der Waals surface area contributed by atoms with Crippen molar-refractivity contribution in [1.29, 1.82) is 0 Å². The highest BCUT2D eigenvalue weighted by Gasteiger charge is 2.19. The lowest BCUT2D eigenvalue weighted by Gasteiger charge is -2.20. The number of hydrogen-bond donors (Lipinski definition) is 1. The number of amides is 1. The highest BCUT2D eigenvalue weighted by atomic mass is 35.5. The minimum atomic E-state index is -0.412. The van der Waals surface area contributed by atoms with E-state index in [1.54, 1.807) is 34.5 Å². The number of pyridine rings is 1. The third-order valence-electron chi connectivity index (χ3n) is 4.98. The zero-order valence-corrected chi connectivity index (χ0v) is 18.1. The van der Waals surface area contributed by atoms with E-state index < -0.39 is 5.91 Å². The van der Waals surface area contributed by atoms with Gasteiger partial charge in [-0.1, -0.05) is 17.7 Å². The molecule has 29 heavy (non-hydrogen) atoms. The minimum absolute atomic E-state index is 0.0526. The van der Waals surface area contributed by atoms with E-state index in [4.69, 9.17) is 11.6 Å². The lowest BCUT2D eigenvalue weighted by Crippen LogP contribution is -2.36. The monoisotopic (exact) mass is 415 g/mol. The first-order chi connectivity index (χ1) is 13.7. The Morgan fingerprint density at radius 3 is 2.72 bits per heavy atom. The van der Waals surface area contributed by atoms with Crippen molar-refractivity contribution in [2.75, 3.05) is 20.6 Å². The van der Waals surface area contributed by atoms with Crippen LogP contribution in [0.25, 0.3) is 10.9 Å². The number of rotatable bonds is 6. The summed E-state index contributed by atoms with van der Waals surface area (Å²) in [6, 6.07) is 7.33. The van der Waals surface area contributed by atoms with Crippen molar-refractivity contribution in [3.63, 3.8) is 0 Å². The summed E-state index contributed by atoms with van der Waals surface area (Å²) in [5.74, 6) is -0.412. The lowest BCUT2D eigenvalue weighted by atomic mass is 10.1. The minimum Gasteiger partial charge on any atom is -0.346 e. The van der Waals surface area contributed by atoms with Gasteiger partial charge in [0, 0.05) is 31.2 Å². The van der Waals surface area contributed by atoms with E-state index in [1.165, 1.54) is 0 Å². The average Bonchev–Trinajstić information content (AvgIpc) is 2.96. The fraction of sp³-hybridized carbons (Fsp3) is 0.381. The summed E-state index contributed by atoms with van der Waals surface area (Å²) in [5, 5.41) is 8.69. The maximum Gasteiger partial charge on any atom is 0.263 e. The van der Waals surface area contributed by atoms with E-state index in [-0.39, 0.29) is 23.7 Å². The third kappa shape index (κ3) is 4.21. The summed E-state index contributed by atoms with van der Waals surface area (Å²) in [6.07, 6.45) is 1.74. The van der Waals surface area contributed by atoms with Crippen LogP contribution in [0.1, 0.15) is 34.6 Å². The molecule has 1 N–H and O–H groups in total. The Labute approximate surface area is 174 Å². The molecule has 7 nitrogen and oxygen atoms in total. The smallest absolute Gasteiger partial charge is 0.263 e. The van der Waals surface area contributed by atoms with Crippen LogP contribution in [-0.2, 0) is 13.6 Å². The van der Waals surface area contributed by atoms with Gasteiger partial charge in [-0.3, -0.25) is 14.3 Å². The van der Waals surface area contributed by atoms with Gasteiger partial charge in [-0.2, -0.15) is 5.10 Å². The second kappa shape index (κ2) is 8.39. The van der Waals surface area contributed by atoms with Crippen molar-refractivity contribution in [3.8, 4) is 0 Å². The first-order valence-electron chi connectivity index (χ1n) is 9.45. The number of benzene rings is 1. The van der Waals surface area contributed by atoms with Crippen molar-refractivity contribution >= 4 is 28.4 Å². The number of hydrogen-bond acceptors (Lipinski definition) is 4. The summed E-state index contributed by atoms with van der Waals surface area (Å²) >= 11 is 6.33. The molecule has 2 heterocycles. The number of nitrogens with zero attached hydrogens (tertiary/aromatic N) is 4. The normalized spacial score (nSPS) is 12.5. The van der Waals surface area contributed by atoms with Gasteiger partial charge in [-0.05, 0) is 51.7 Å². The van der Waals surface area contributed by atoms with Gasteiger partial charge in [0.1, 0.15) is 5.56 Å². The quantitative estimate of drug-likeness (QED) is 0.672. The zero-order valence-electron chi connectivity index (χ0n) is 17.4. The van der Waals surface area contributed by atoms with Gasteiger partial charge in [0.25, 0.3) is 11.5 Å². The Bertz CT molecular complexity index is 1120. The van der Waals surface area contributed by atoms with Crippen LogP contribution in [0.5, 0.6) is 0 Å². The molecule has 1 aromatic carbocycles. The molecule has 3 rings (SSSR count). The number of carbonyl (C=O) groups is 1. The maximum atomic E-state index is 13.0. The molecular weight excluding hydrogens is 390 g/mol. The van der Waals surface area contributed by atoms with Crippen LogP contribution in [0.4, 0.5) is 0 Å². The fourth-order valence-electron chi connectivity index (χ4n) is 3.61. The summed E-state index contributed by atoms with van der Waals surface area (Å²) in [4.78, 5) is 27.9. The van der Waals surface area contributed by atoms with Gasteiger partial charge in [-0.15, -0.1) is 0 Å². The molecule has 1 amide bonds. The lowest BCUT2D eigenvalue weighted by molar-refractivity contribution is 0.0947. The summed E-state index contributed by atoms with van der Waals surface area (Å²) in [7, 11) is 5.73. The van der Waals surface area contributed by atoms with Crippen LogP contribution < -0.4 is 10.9 Å². The maximum absolute atomic E-state index is 13.0. The molecule has 0 fully saturated rings. The second-order valence-electron chi connectivity index (χ2n) is 7.58. The van der Waals surface area contributed by atoms with Gasteiger partial charge in [0.05, 0.1) is 22.8 Å². The van der Waals surface area contributed by atoms with Crippen molar-refractivity contribution in [2.24, 2.45) is 7.05 Å². The van der Waals surface area contributed by atoms with E-state index in [0.717, 1.165) is 10.9 Å². The molecule has 0 aliphatic rings. The first-order valence-corrected chi connectivity index (χ1v) is 9.83.